The van der Waals surface area contributed by atoms with Crippen molar-refractivity contribution in [2.24, 2.45) is 11.3 Å². The fourth-order valence-corrected chi connectivity index (χ4v) is 4.20. The monoisotopic (exact) mass is 307 g/mol. The average Bonchev–Trinajstić information content (AvgIpc) is 2.84. The van der Waals surface area contributed by atoms with Crippen molar-refractivity contribution < 1.29 is 9.59 Å². The van der Waals surface area contributed by atoms with Crippen LogP contribution in [-0.4, -0.2) is 34.8 Å². The molecule has 1 aliphatic carbocycles. The third-order valence-electron chi connectivity index (χ3n) is 5.03. The van der Waals surface area contributed by atoms with Gasteiger partial charge in [-0.3, -0.25) is 9.59 Å². The van der Waals surface area contributed by atoms with Gasteiger partial charge in [0.25, 0.3) is 5.91 Å². The van der Waals surface area contributed by atoms with Gasteiger partial charge in [0.1, 0.15) is 5.69 Å². The van der Waals surface area contributed by atoms with Crippen molar-refractivity contribution in [1.82, 2.24) is 9.88 Å². The second kappa shape index (κ2) is 5.40. The summed E-state index contributed by atoms with van der Waals surface area (Å²) in [5, 5.41) is 4.86. The highest BCUT2D eigenvalue weighted by Gasteiger charge is 2.46. The molecule has 1 aliphatic heterocycles. The first-order valence-corrected chi connectivity index (χ1v) is 8.40. The van der Waals surface area contributed by atoms with Crippen molar-refractivity contribution >= 4 is 28.3 Å². The number of thiazole rings is 1. The number of likely N-dealkylation sites (tertiary alicyclic amines) is 1. The van der Waals surface area contributed by atoms with E-state index in [-0.39, 0.29) is 11.8 Å². The summed E-state index contributed by atoms with van der Waals surface area (Å²) in [7, 11) is 0. The van der Waals surface area contributed by atoms with Gasteiger partial charge in [0, 0.05) is 25.4 Å². The van der Waals surface area contributed by atoms with E-state index in [4.69, 9.17) is 0 Å². The van der Waals surface area contributed by atoms with E-state index in [9.17, 15) is 9.59 Å². The van der Waals surface area contributed by atoms with Crippen LogP contribution in [-0.2, 0) is 4.79 Å². The normalized spacial score (nSPS) is 23.7. The third kappa shape index (κ3) is 2.69. The Labute approximate surface area is 128 Å². The molecule has 0 aromatic carbocycles. The van der Waals surface area contributed by atoms with Crippen molar-refractivity contribution in [2.75, 3.05) is 18.4 Å². The summed E-state index contributed by atoms with van der Waals surface area (Å²) in [5.74, 6) is 0.547. The zero-order chi connectivity index (χ0) is 15.0. The minimum Gasteiger partial charge on any atom is -0.337 e. The highest BCUT2D eigenvalue weighted by molar-refractivity contribution is 7.14. The molecule has 1 saturated heterocycles. The largest absolute Gasteiger partial charge is 0.337 e. The molecular weight excluding hydrogens is 286 g/mol. The Bertz CT molecular complexity index is 565. The van der Waals surface area contributed by atoms with Crippen LogP contribution < -0.4 is 5.32 Å². The van der Waals surface area contributed by atoms with E-state index in [1.54, 1.807) is 5.38 Å². The summed E-state index contributed by atoms with van der Waals surface area (Å²) in [6, 6.07) is 0. The fraction of sp³-hybridized carbons (Fsp3) is 0.667. The summed E-state index contributed by atoms with van der Waals surface area (Å²) >= 11 is 1.30. The molecule has 1 N–H and O–H groups in total. The lowest BCUT2D eigenvalue weighted by Gasteiger charge is -2.53. The highest BCUT2D eigenvalue weighted by atomic mass is 32.1. The van der Waals surface area contributed by atoms with Crippen molar-refractivity contribution in [2.45, 2.75) is 39.5 Å². The number of amides is 2. The number of hydrogen-bond donors (Lipinski definition) is 1. The number of nitrogens with zero attached hydrogens (tertiary/aromatic N) is 2. The van der Waals surface area contributed by atoms with E-state index < -0.39 is 0 Å². The van der Waals surface area contributed by atoms with Gasteiger partial charge in [-0.05, 0) is 30.6 Å². The molecule has 2 heterocycles. The predicted octanol–water partition coefficient (Wildman–Crippen LogP) is 2.75. The Morgan fingerprint density at radius 2 is 2.24 bits per heavy atom. The van der Waals surface area contributed by atoms with Gasteiger partial charge < -0.3 is 10.2 Å². The Hall–Kier alpha value is -1.43. The average molecular weight is 307 g/mol. The molecule has 2 aliphatic rings. The van der Waals surface area contributed by atoms with Crippen LogP contribution in [0.3, 0.4) is 0 Å². The Kier molecular flexibility index (Phi) is 3.73. The highest BCUT2D eigenvalue weighted by Crippen LogP contribution is 2.51. The van der Waals surface area contributed by atoms with Gasteiger partial charge in [-0.1, -0.05) is 13.3 Å². The molecule has 2 fully saturated rings. The zero-order valence-electron chi connectivity index (χ0n) is 12.5. The Morgan fingerprint density at radius 3 is 2.86 bits per heavy atom. The number of piperidine rings is 1. The van der Waals surface area contributed by atoms with Crippen molar-refractivity contribution in [3.63, 3.8) is 0 Å². The molecule has 1 saturated carbocycles. The Morgan fingerprint density at radius 1 is 1.48 bits per heavy atom. The molecule has 1 atom stereocenters. The summed E-state index contributed by atoms with van der Waals surface area (Å²) in [5.41, 5.74) is 0.803. The van der Waals surface area contributed by atoms with Gasteiger partial charge in [-0.2, -0.15) is 0 Å². The lowest BCUT2D eigenvalue weighted by atomic mass is 9.59. The number of carbonyl (C=O) groups excluding carboxylic acids is 2. The van der Waals surface area contributed by atoms with Crippen molar-refractivity contribution in [3.05, 3.63) is 11.1 Å². The number of nitrogens with one attached hydrogen (secondary N) is 1. The van der Waals surface area contributed by atoms with E-state index in [0.717, 1.165) is 19.5 Å². The molecule has 2 amide bonds. The van der Waals surface area contributed by atoms with E-state index in [1.165, 1.54) is 37.5 Å². The van der Waals surface area contributed by atoms with Crippen LogP contribution >= 0.6 is 11.3 Å². The van der Waals surface area contributed by atoms with Crippen LogP contribution in [0.25, 0.3) is 0 Å². The molecule has 1 unspecified atom stereocenters. The van der Waals surface area contributed by atoms with E-state index in [2.05, 4.69) is 17.2 Å². The minimum atomic E-state index is -0.163. The number of aromatic nitrogens is 1. The molecule has 1 aromatic rings. The van der Waals surface area contributed by atoms with Crippen LogP contribution in [0.15, 0.2) is 5.38 Å². The van der Waals surface area contributed by atoms with Gasteiger partial charge in [0.15, 0.2) is 5.13 Å². The maximum atomic E-state index is 12.6. The second-order valence-corrected chi connectivity index (χ2v) is 7.21. The van der Waals surface area contributed by atoms with Gasteiger partial charge in [-0.25, -0.2) is 4.98 Å². The lowest BCUT2D eigenvalue weighted by Crippen LogP contribution is -2.53. The van der Waals surface area contributed by atoms with Crippen molar-refractivity contribution in [3.8, 4) is 0 Å². The van der Waals surface area contributed by atoms with E-state index in [1.807, 2.05) is 4.90 Å². The maximum absolute atomic E-state index is 12.6. The molecule has 0 bridgehead atoms. The smallest absolute Gasteiger partial charge is 0.273 e. The summed E-state index contributed by atoms with van der Waals surface area (Å²) in [6.07, 6.45) is 4.85. The summed E-state index contributed by atoms with van der Waals surface area (Å²) in [4.78, 5) is 29.8. The van der Waals surface area contributed by atoms with Crippen LogP contribution in [0, 0.1) is 11.3 Å². The van der Waals surface area contributed by atoms with Gasteiger partial charge >= 0.3 is 0 Å². The predicted molar refractivity (Wildman–Crippen MR) is 82.4 cm³/mol. The van der Waals surface area contributed by atoms with Crippen LogP contribution in [0.5, 0.6) is 0 Å². The van der Waals surface area contributed by atoms with Crippen LogP contribution in [0.1, 0.15) is 50.0 Å². The molecule has 21 heavy (non-hydrogen) atoms. The maximum Gasteiger partial charge on any atom is 0.273 e. The molecule has 6 heteroatoms. The molecule has 0 radical (unpaired) electrons. The summed E-state index contributed by atoms with van der Waals surface area (Å²) < 4.78 is 0. The zero-order valence-corrected chi connectivity index (χ0v) is 13.3. The first kappa shape index (κ1) is 14.5. The topological polar surface area (TPSA) is 62.3 Å². The lowest BCUT2D eigenvalue weighted by molar-refractivity contribution is -0.114. The number of hydrogen-bond acceptors (Lipinski definition) is 4. The van der Waals surface area contributed by atoms with E-state index in [0.29, 0.717) is 22.2 Å². The molecule has 5 nitrogen and oxygen atoms in total. The summed E-state index contributed by atoms with van der Waals surface area (Å²) in [6.45, 7) is 5.43. The van der Waals surface area contributed by atoms with Gasteiger partial charge in [0.2, 0.25) is 5.91 Å². The van der Waals surface area contributed by atoms with Crippen LogP contribution in [0.4, 0.5) is 5.13 Å². The standard InChI is InChI=1S/C15H21N3O2S/c1-10-4-7-18(9-15(10)5-3-6-15)13(20)12-8-21-14(17-12)16-11(2)19/h8,10H,3-7,9H2,1-2H3,(H,16,17,19). The second-order valence-electron chi connectivity index (χ2n) is 6.35. The third-order valence-corrected chi connectivity index (χ3v) is 5.78. The first-order chi connectivity index (χ1) is 10.00. The fourth-order valence-electron chi connectivity index (χ4n) is 3.47. The Balaban J connectivity index is 1.70. The SMILES string of the molecule is CC(=O)Nc1nc(C(=O)N2CCC(C)C3(CCC3)C2)cs1. The molecule has 1 spiro atoms. The first-order valence-electron chi connectivity index (χ1n) is 7.52. The molecule has 114 valence electrons. The number of anilines is 1. The number of carbonyl (C=O) groups is 2. The van der Waals surface area contributed by atoms with Gasteiger partial charge in [0.05, 0.1) is 0 Å². The molecular formula is C15H21N3O2S. The molecule has 3 rings (SSSR count). The van der Waals surface area contributed by atoms with Gasteiger partial charge in [-0.15, -0.1) is 11.3 Å². The molecule has 1 aromatic heterocycles. The van der Waals surface area contributed by atoms with Crippen LogP contribution in [0.2, 0.25) is 0 Å². The number of rotatable bonds is 2. The van der Waals surface area contributed by atoms with Crippen molar-refractivity contribution in [1.29, 1.82) is 0 Å². The quantitative estimate of drug-likeness (QED) is 0.914. The van der Waals surface area contributed by atoms with E-state index >= 15 is 0 Å². The minimum absolute atomic E-state index is 0.000951.